The molecule has 0 aliphatic heterocycles. The van der Waals surface area contributed by atoms with Crippen LogP contribution in [0, 0.1) is 0 Å². The Morgan fingerprint density at radius 3 is 2.29 bits per heavy atom. The molecule has 0 radical (unpaired) electrons. The second kappa shape index (κ2) is 4.05. The summed E-state index contributed by atoms with van der Waals surface area (Å²) < 4.78 is 13.8. The molecule has 0 spiro atoms. The van der Waals surface area contributed by atoms with Crippen molar-refractivity contribution in [2.45, 2.75) is 0 Å². The average Bonchev–Trinajstić information content (AvgIpc) is 2.30. The zero-order valence-corrected chi connectivity index (χ0v) is 7.60. The number of aromatic nitrogens is 1. The van der Waals surface area contributed by atoms with Crippen LogP contribution >= 0.6 is 0 Å². The number of hydrogen-bond donors (Lipinski definition) is 0. The van der Waals surface area contributed by atoms with Gasteiger partial charge in [0, 0.05) is 11.8 Å². The second-order valence-corrected chi connectivity index (χ2v) is 3.03. The second-order valence-electron chi connectivity index (χ2n) is 3.03. The van der Waals surface area contributed by atoms with Gasteiger partial charge in [0.15, 0.2) is 0 Å². The standard InChI is InChI=1S/C11H9BFN/c13-12(10-6-2-1-3-7-10)11-8-4-5-9-14-11/h1-9H. The molecule has 1 heterocycles. The van der Waals surface area contributed by atoms with Gasteiger partial charge in [0.2, 0.25) is 0 Å². The van der Waals surface area contributed by atoms with Gasteiger partial charge in [-0.25, -0.2) is 0 Å². The topological polar surface area (TPSA) is 12.9 Å². The van der Waals surface area contributed by atoms with E-state index in [1.807, 2.05) is 18.2 Å². The molecule has 1 nitrogen and oxygen atoms in total. The van der Waals surface area contributed by atoms with E-state index in [4.69, 9.17) is 0 Å². The summed E-state index contributed by atoms with van der Waals surface area (Å²) in [6.45, 7) is -1.13. The summed E-state index contributed by atoms with van der Waals surface area (Å²) in [6, 6.07) is 14.3. The Kier molecular flexibility index (Phi) is 2.59. The van der Waals surface area contributed by atoms with E-state index in [2.05, 4.69) is 4.98 Å². The van der Waals surface area contributed by atoms with Crippen molar-refractivity contribution in [3.8, 4) is 0 Å². The van der Waals surface area contributed by atoms with Gasteiger partial charge in [-0.05, 0) is 17.6 Å². The lowest BCUT2D eigenvalue weighted by molar-refractivity contribution is 0.861. The van der Waals surface area contributed by atoms with Crippen LogP contribution in [-0.2, 0) is 0 Å². The van der Waals surface area contributed by atoms with Crippen molar-refractivity contribution in [2.75, 3.05) is 0 Å². The van der Waals surface area contributed by atoms with Crippen molar-refractivity contribution < 1.29 is 4.32 Å². The third kappa shape index (κ3) is 1.82. The van der Waals surface area contributed by atoms with Crippen LogP contribution in [0.2, 0.25) is 0 Å². The normalized spacial score (nSPS) is 9.79. The number of nitrogens with zero attached hydrogens (tertiary/aromatic N) is 1. The van der Waals surface area contributed by atoms with Crippen LogP contribution in [0.3, 0.4) is 0 Å². The maximum atomic E-state index is 13.8. The molecule has 68 valence electrons. The summed E-state index contributed by atoms with van der Waals surface area (Å²) in [5.74, 6) is 0. The van der Waals surface area contributed by atoms with Crippen LogP contribution in [0.25, 0.3) is 0 Å². The van der Waals surface area contributed by atoms with E-state index in [0.717, 1.165) is 0 Å². The summed E-state index contributed by atoms with van der Waals surface area (Å²) in [5, 5.41) is 0. The van der Waals surface area contributed by atoms with Gasteiger partial charge in [-0.1, -0.05) is 36.4 Å². The first-order valence-electron chi connectivity index (χ1n) is 4.48. The highest BCUT2D eigenvalue weighted by molar-refractivity contribution is 6.78. The number of rotatable bonds is 2. The fourth-order valence-electron chi connectivity index (χ4n) is 1.32. The molecule has 0 aliphatic carbocycles. The van der Waals surface area contributed by atoms with E-state index >= 15 is 0 Å². The summed E-state index contributed by atoms with van der Waals surface area (Å²) in [4.78, 5) is 3.98. The monoisotopic (exact) mass is 185 g/mol. The molecule has 0 fully saturated rings. The zero-order chi connectivity index (χ0) is 9.80. The van der Waals surface area contributed by atoms with Gasteiger partial charge in [-0.2, -0.15) is 0 Å². The van der Waals surface area contributed by atoms with Gasteiger partial charge in [0.25, 0.3) is 0 Å². The molecular formula is C11H9BFN. The van der Waals surface area contributed by atoms with E-state index < -0.39 is 6.99 Å². The summed E-state index contributed by atoms with van der Waals surface area (Å²) >= 11 is 0. The SMILES string of the molecule is FB(c1ccccc1)c1ccccn1. The summed E-state index contributed by atoms with van der Waals surface area (Å²) in [7, 11) is 0. The Hall–Kier alpha value is -1.64. The predicted octanol–water partition coefficient (Wildman–Crippen LogP) is 1.16. The molecule has 1 aromatic carbocycles. The molecule has 0 N–H and O–H groups in total. The molecule has 0 unspecified atom stereocenters. The van der Waals surface area contributed by atoms with Crippen LogP contribution in [0.5, 0.6) is 0 Å². The molecule has 2 rings (SSSR count). The Labute approximate surface area is 82.7 Å². The molecule has 0 atom stereocenters. The zero-order valence-electron chi connectivity index (χ0n) is 7.60. The van der Waals surface area contributed by atoms with Crippen molar-refractivity contribution in [1.82, 2.24) is 4.98 Å². The minimum atomic E-state index is -1.13. The molecule has 3 heteroatoms. The first-order chi connectivity index (χ1) is 6.88. The number of halogens is 1. The highest BCUT2D eigenvalue weighted by Crippen LogP contribution is 1.90. The van der Waals surface area contributed by atoms with Crippen LogP contribution in [0.4, 0.5) is 4.32 Å². The maximum Gasteiger partial charge on any atom is 0.432 e. The van der Waals surface area contributed by atoms with Gasteiger partial charge in [-0.15, -0.1) is 0 Å². The molecule has 0 bridgehead atoms. The van der Waals surface area contributed by atoms with E-state index in [0.29, 0.717) is 11.1 Å². The highest BCUT2D eigenvalue weighted by Gasteiger charge is 2.19. The largest absolute Gasteiger partial charge is 0.432 e. The lowest BCUT2D eigenvalue weighted by Gasteiger charge is -2.02. The van der Waals surface area contributed by atoms with Gasteiger partial charge < -0.3 is 4.32 Å². The lowest BCUT2D eigenvalue weighted by atomic mass is 9.61. The molecule has 0 saturated carbocycles. The Morgan fingerprint density at radius 1 is 0.929 bits per heavy atom. The van der Waals surface area contributed by atoms with E-state index in [9.17, 15) is 4.32 Å². The summed E-state index contributed by atoms with van der Waals surface area (Å²) in [5.41, 5.74) is 1.10. The average molecular weight is 185 g/mol. The first-order valence-corrected chi connectivity index (χ1v) is 4.48. The van der Waals surface area contributed by atoms with Crippen molar-refractivity contribution in [3.05, 3.63) is 54.7 Å². The fraction of sp³-hybridized carbons (Fsp3) is 0. The van der Waals surface area contributed by atoms with E-state index in [1.54, 1.807) is 36.5 Å². The molecule has 0 amide bonds. The van der Waals surface area contributed by atoms with Crippen molar-refractivity contribution in [3.63, 3.8) is 0 Å². The minimum absolute atomic E-state index is 0.457. The quantitative estimate of drug-likeness (QED) is 0.639. The smallest absolute Gasteiger partial charge is 0.320 e. The molecule has 2 aromatic rings. The molecule has 0 aliphatic rings. The number of benzene rings is 1. The van der Waals surface area contributed by atoms with Gasteiger partial charge >= 0.3 is 6.99 Å². The molecule has 1 aromatic heterocycles. The van der Waals surface area contributed by atoms with Crippen LogP contribution in [0.1, 0.15) is 0 Å². The van der Waals surface area contributed by atoms with Crippen LogP contribution in [-0.4, -0.2) is 12.0 Å². The number of pyridine rings is 1. The van der Waals surface area contributed by atoms with Gasteiger partial charge in [0.05, 0.1) is 0 Å². The maximum absolute atomic E-state index is 13.8. The van der Waals surface area contributed by atoms with Gasteiger partial charge in [0.1, 0.15) is 0 Å². The third-order valence-corrected chi connectivity index (χ3v) is 2.04. The van der Waals surface area contributed by atoms with E-state index in [-0.39, 0.29) is 0 Å². The lowest BCUT2D eigenvalue weighted by Crippen LogP contribution is -2.39. The van der Waals surface area contributed by atoms with Crippen molar-refractivity contribution >= 4 is 18.0 Å². The van der Waals surface area contributed by atoms with Crippen LogP contribution < -0.4 is 11.1 Å². The van der Waals surface area contributed by atoms with Crippen molar-refractivity contribution in [1.29, 1.82) is 0 Å². The van der Waals surface area contributed by atoms with Gasteiger partial charge in [-0.3, -0.25) is 4.98 Å². The Balaban J connectivity index is 2.30. The first kappa shape index (κ1) is 8.94. The molecule has 14 heavy (non-hydrogen) atoms. The van der Waals surface area contributed by atoms with Crippen molar-refractivity contribution in [2.24, 2.45) is 0 Å². The Morgan fingerprint density at radius 2 is 1.64 bits per heavy atom. The summed E-state index contributed by atoms with van der Waals surface area (Å²) in [6.07, 6.45) is 1.60. The fourth-order valence-corrected chi connectivity index (χ4v) is 1.32. The third-order valence-electron chi connectivity index (χ3n) is 2.04. The minimum Gasteiger partial charge on any atom is -0.320 e. The van der Waals surface area contributed by atoms with E-state index in [1.165, 1.54) is 0 Å². The molecule has 0 saturated heterocycles. The highest BCUT2D eigenvalue weighted by atomic mass is 19.1. The molecular weight excluding hydrogens is 176 g/mol. The Bertz CT molecular complexity index is 351. The predicted molar refractivity (Wildman–Crippen MR) is 56.8 cm³/mol. The van der Waals surface area contributed by atoms with Crippen LogP contribution in [0.15, 0.2) is 54.7 Å². The number of hydrogen-bond acceptors (Lipinski definition) is 1.